The van der Waals surface area contributed by atoms with Crippen molar-refractivity contribution in [1.29, 1.82) is 0 Å². The molecule has 1 fully saturated rings. The third-order valence-electron chi connectivity index (χ3n) is 3.41. The van der Waals surface area contributed by atoms with Gasteiger partial charge in [0.2, 0.25) is 0 Å². The van der Waals surface area contributed by atoms with E-state index >= 15 is 0 Å². The third-order valence-corrected chi connectivity index (χ3v) is 3.41. The highest BCUT2D eigenvalue weighted by molar-refractivity contribution is 5.92. The van der Waals surface area contributed by atoms with Crippen molar-refractivity contribution in [1.82, 2.24) is 9.88 Å². The van der Waals surface area contributed by atoms with Gasteiger partial charge in [-0.1, -0.05) is 13.0 Å². The molecule has 2 N–H and O–H groups in total. The molecule has 0 aliphatic carbocycles. The van der Waals surface area contributed by atoms with E-state index in [0.29, 0.717) is 18.2 Å². The normalized spacial score (nSPS) is 24.8. The summed E-state index contributed by atoms with van der Waals surface area (Å²) in [5, 5.41) is 0. The van der Waals surface area contributed by atoms with E-state index in [9.17, 15) is 4.79 Å². The zero-order valence-electron chi connectivity index (χ0n) is 10.4. The van der Waals surface area contributed by atoms with E-state index in [1.165, 1.54) is 0 Å². The molecule has 2 rings (SSSR count). The first-order valence-electron chi connectivity index (χ1n) is 6.06. The predicted molar refractivity (Wildman–Crippen MR) is 66.6 cm³/mol. The van der Waals surface area contributed by atoms with Crippen LogP contribution in [0.3, 0.4) is 0 Å². The number of hydrogen-bond donors (Lipinski definition) is 1. The van der Waals surface area contributed by atoms with Gasteiger partial charge >= 0.3 is 0 Å². The summed E-state index contributed by atoms with van der Waals surface area (Å²) in [4.78, 5) is 18.3. The summed E-state index contributed by atoms with van der Waals surface area (Å²) in [6.45, 7) is 5.44. The summed E-state index contributed by atoms with van der Waals surface area (Å²) >= 11 is 0. The lowest BCUT2D eigenvalue weighted by Gasteiger charge is -2.34. The number of nitrogens with two attached hydrogens (primary N) is 1. The minimum Gasteiger partial charge on any atom is -0.336 e. The molecule has 1 aromatic heterocycles. The fourth-order valence-electron chi connectivity index (χ4n) is 2.11. The fourth-order valence-corrected chi connectivity index (χ4v) is 2.11. The number of carbonyl (C=O) groups excluding carboxylic acids is 1. The topological polar surface area (TPSA) is 59.2 Å². The highest BCUT2D eigenvalue weighted by Gasteiger charge is 2.27. The second-order valence-corrected chi connectivity index (χ2v) is 4.85. The van der Waals surface area contributed by atoms with Gasteiger partial charge in [0.05, 0.1) is 0 Å². The van der Waals surface area contributed by atoms with Crippen LogP contribution in [0.2, 0.25) is 0 Å². The number of piperidine rings is 1. The average Bonchev–Trinajstić information content (AvgIpc) is 2.32. The van der Waals surface area contributed by atoms with Crippen molar-refractivity contribution in [2.24, 2.45) is 11.7 Å². The first kappa shape index (κ1) is 12.0. The minimum absolute atomic E-state index is 0.00366. The Bertz CT molecular complexity index is 419. The summed E-state index contributed by atoms with van der Waals surface area (Å²) in [5.74, 6) is 0.487. The molecule has 0 saturated carbocycles. The van der Waals surface area contributed by atoms with E-state index in [-0.39, 0.29) is 11.9 Å². The van der Waals surface area contributed by atoms with Gasteiger partial charge in [-0.25, -0.2) is 4.98 Å². The lowest BCUT2D eigenvalue weighted by atomic mass is 9.94. The molecule has 4 heteroatoms. The zero-order chi connectivity index (χ0) is 12.4. The molecular formula is C13H19N3O. The van der Waals surface area contributed by atoms with Crippen molar-refractivity contribution >= 4 is 5.91 Å². The van der Waals surface area contributed by atoms with Gasteiger partial charge in [0.15, 0.2) is 0 Å². The Morgan fingerprint density at radius 3 is 2.94 bits per heavy atom. The molecule has 92 valence electrons. The SMILES string of the molecule is Cc1cccc(C(=O)N2CCC(C)C(N)C2)n1. The van der Waals surface area contributed by atoms with Gasteiger partial charge in [0.25, 0.3) is 5.91 Å². The van der Waals surface area contributed by atoms with Crippen molar-refractivity contribution in [3.8, 4) is 0 Å². The third kappa shape index (κ3) is 2.64. The Morgan fingerprint density at radius 2 is 2.29 bits per heavy atom. The van der Waals surface area contributed by atoms with Crippen molar-refractivity contribution in [2.45, 2.75) is 26.3 Å². The van der Waals surface area contributed by atoms with Crippen LogP contribution in [-0.4, -0.2) is 34.9 Å². The van der Waals surface area contributed by atoms with Gasteiger partial charge in [-0.2, -0.15) is 0 Å². The van der Waals surface area contributed by atoms with Gasteiger partial charge in [-0.15, -0.1) is 0 Å². The van der Waals surface area contributed by atoms with Gasteiger partial charge in [-0.05, 0) is 31.4 Å². The lowest BCUT2D eigenvalue weighted by Crippen LogP contribution is -2.49. The smallest absolute Gasteiger partial charge is 0.272 e. The molecule has 0 radical (unpaired) electrons. The first-order chi connectivity index (χ1) is 8.08. The number of aromatic nitrogens is 1. The van der Waals surface area contributed by atoms with Crippen molar-refractivity contribution in [3.63, 3.8) is 0 Å². The number of hydrogen-bond acceptors (Lipinski definition) is 3. The minimum atomic E-state index is -0.00366. The Labute approximate surface area is 102 Å². The summed E-state index contributed by atoms with van der Waals surface area (Å²) in [6, 6.07) is 5.60. The molecule has 1 saturated heterocycles. The van der Waals surface area contributed by atoms with Crippen LogP contribution in [0.25, 0.3) is 0 Å². The number of rotatable bonds is 1. The molecule has 2 heterocycles. The molecule has 1 aliphatic rings. The van der Waals surface area contributed by atoms with E-state index in [1.54, 1.807) is 6.07 Å². The molecule has 4 nitrogen and oxygen atoms in total. The van der Waals surface area contributed by atoms with E-state index < -0.39 is 0 Å². The number of amides is 1. The van der Waals surface area contributed by atoms with E-state index in [2.05, 4.69) is 11.9 Å². The molecule has 17 heavy (non-hydrogen) atoms. The average molecular weight is 233 g/mol. The second kappa shape index (κ2) is 4.84. The van der Waals surface area contributed by atoms with Crippen LogP contribution in [0.5, 0.6) is 0 Å². The number of carbonyl (C=O) groups is 1. The highest BCUT2D eigenvalue weighted by Crippen LogP contribution is 2.17. The summed E-state index contributed by atoms with van der Waals surface area (Å²) in [7, 11) is 0. The van der Waals surface area contributed by atoms with Crippen LogP contribution >= 0.6 is 0 Å². The molecule has 1 aliphatic heterocycles. The van der Waals surface area contributed by atoms with Crippen LogP contribution in [0, 0.1) is 12.8 Å². The molecule has 1 aromatic rings. The monoisotopic (exact) mass is 233 g/mol. The van der Waals surface area contributed by atoms with Crippen LogP contribution in [0.15, 0.2) is 18.2 Å². The van der Waals surface area contributed by atoms with E-state index in [4.69, 9.17) is 5.73 Å². The molecule has 0 spiro atoms. The highest BCUT2D eigenvalue weighted by atomic mass is 16.2. The Kier molecular flexibility index (Phi) is 3.43. The summed E-state index contributed by atoms with van der Waals surface area (Å²) in [5.41, 5.74) is 7.39. The van der Waals surface area contributed by atoms with Crippen molar-refractivity contribution in [3.05, 3.63) is 29.6 Å². The molecule has 2 unspecified atom stereocenters. The molecular weight excluding hydrogens is 214 g/mol. The maximum Gasteiger partial charge on any atom is 0.272 e. The van der Waals surface area contributed by atoms with Crippen molar-refractivity contribution < 1.29 is 4.79 Å². The van der Waals surface area contributed by atoms with Crippen LogP contribution in [-0.2, 0) is 0 Å². The first-order valence-corrected chi connectivity index (χ1v) is 6.06. The number of pyridine rings is 1. The number of likely N-dealkylation sites (tertiary alicyclic amines) is 1. The van der Waals surface area contributed by atoms with E-state index in [1.807, 2.05) is 24.0 Å². The number of aryl methyl sites for hydroxylation is 1. The van der Waals surface area contributed by atoms with Gasteiger partial charge in [0, 0.05) is 24.8 Å². The standard InChI is InChI=1S/C13H19N3O/c1-9-6-7-16(8-11(9)14)13(17)12-5-3-4-10(2)15-12/h3-5,9,11H,6-8,14H2,1-2H3. The molecule has 1 amide bonds. The van der Waals surface area contributed by atoms with Gasteiger partial charge in [-0.3, -0.25) is 4.79 Å². The summed E-state index contributed by atoms with van der Waals surface area (Å²) < 4.78 is 0. The fraction of sp³-hybridized carbons (Fsp3) is 0.538. The second-order valence-electron chi connectivity index (χ2n) is 4.85. The van der Waals surface area contributed by atoms with Crippen LogP contribution in [0.1, 0.15) is 29.5 Å². The van der Waals surface area contributed by atoms with Crippen molar-refractivity contribution in [2.75, 3.05) is 13.1 Å². The lowest BCUT2D eigenvalue weighted by molar-refractivity contribution is 0.0666. The summed E-state index contributed by atoms with van der Waals surface area (Å²) in [6.07, 6.45) is 0.971. The van der Waals surface area contributed by atoms with Crippen LogP contribution < -0.4 is 5.73 Å². The molecule has 2 atom stereocenters. The van der Waals surface area contributed by atoms with Gasteiger partial charge in [0.1, 0.15) is 5.69 Å². The quantitative estimate of drug-likeness (QED) is 0.793. The predicted octanol–water partition coefficient (Wildman–Crippen LogP) is 1.20. The van der Waals surface area contributed by atoms with E-state index in [0.717, 1.165) is 18.7 Å². The maximum absolute atomic E-state index is 12.2. The Hall–Kier alpha value is -1.42. The zero-order valence-corrected chi connectivity index (χ0v) is 10.4. The molecule has 0 aromatic carbocycles. The largest absolute Gasteiger partial charge is 0.336 e. The Balaban J connectivity index is 2.10. The van der Waals surface area contributed by atoms with Crippen LogP contribution in [0.4, 0.5) is 0 Å². The maximum atomic E-state index is 12.2. The Morgan fingerprint density at radius 1 is 1.53 bits per heavy atom. The van der Waals surface area contributed by atoms with Gasteiger partial charge < -0.3 is 10.6 Å². The number of nitrogens with zero attached hydrogens (tertiary/aromatic N) is 2. The molecule has 0 bridgehead atoms.